The Morgan fingerprint density at radius 3 is 2.67 bits per heavy atom. The standard InChI is InChI=1S/C12H13N3O3/c1-12(2)10(11(16)13-14-12)7-8-4-3-5-9(6-8)15(17)18/h3-7,14H,1-2H3,(H,13,16)/b10-7+. The number of hydrogen-bond donors (Lipinski definition) is 2. The van der Waals surface area contributed by atoms with Crippen molar-refractivity contribution in [1.82, 2.24) is 10.9 Å². The van der Waals surface area contributed by atoms with Gasteiger partial charge in [-0.3, -0.25) is 20.3 Å². The Morgan fingerprint density at radius 2 is 2.11 bits per heavy atom. The minimum Gasteiger partial charge on any atom is -0.287 e. The summed E-state index contributed by atoms with van der Waals surface area (Å²) in [5.74, 6) is -0.216. The van der Waals surface area contributed by atoms with Crippen LogP contribution in [0.25, 0.3) is 6.08 Å². The minimum atomic E-state index is -0.498. The van der Waals surface area contributed by atoms with Crippen LogP contribution in [-0.2, 0) is 4.79 Å². The van der Waals surface area contributed by atoms with E-state index in [1.165, 1.54) is 12.1 Å². The second kappa shape index (κ2) is 4.23. The maximum Gasteiger partial charge on any atom is 0.270 e. The molecule has 18 heavy (non-hydrogen) atoms. The number of nitro groups is 1. The Hall–Kier alpha value is -2.21. The number of hydrogen-bond acceptors (Lipinski definition) is 4. The van der Waals surface area contributed by atoms with E-state index >= 15 is 0 Å². The van der Waals surface area contributed by atoms with E-state index in [1.807, 2.05) is 13.8 Å². The van der Waals surface area contributed by atoms with Gasteiger partial charge in [0.25, 0.3) is 11.6 Å². The smallest absolute Gasteiger partial charge is 0.270 e. The van der Waals surface area contributed by atoms with Crippen molar-refractivity contribution in [2.75, 3.05) is 0 Å². The third kappa shape index (κ3) is 2.23. The van der Waals surface area contributed by atoms with Crippen molar-refractivity contribution < 1.29 is 9.72 Å². The molecule has 2 rings (SSSR count). The van der Waals surface area contributed by atoms with E-state index in [2.05, 4.69) is 10.9 Å². The molecule has 0 aliphatic carbocycles. The number of hydrazine groups is 1. The van der Waals surface area contributed by atoms with Crippen molar-refractivity contribution in [3.05, 3.63) is 45.5 Å². The predicted octanol–water partition coefficient (Wildman–Crippen LogP) is 1.39. The average Bonchev–Trinajstić information content (AvgIpc) is 2.56. The van der Waals surface area contributed by atoms with E-state index in [-0.39, 0.29) is 11.6 Å². The molecule has 0 unspecified atom stereocenters. The summed E-state index contributed by atoms with van der Waals surface area (Å²) in [5.41, 5.74) is 6.06. The fourth-order valence-corrected chi connectivity index (χ4v) is 1.77. The lowest BCUT2D eigenvalue weighted by atomic mass is 9.94. The molecule has 6 nitrogen and oxygen atoms in total. The highest BCUT2D eigenvalue weighted by Gasteiger charge is 2.34. The molecule has 0 saturated carbocycles. The molecule has 0 aromatic heterocycles. The Kier molecular flexibility index (Phi) is 2.88. The van der Waals surface area contributed by atoms with Crippen molar-refractivity contribution in [1.29, 1.82) is 0 Å². The van der Waals surface area contributed by atoms with Gasteiger partial charge in [0.15, 0.2) is 0 Å². The number of carbonyl (C=O) groups is 1. The highest BCUT2D eigenvalue weighted by molar-refractivity contribution is 6.01. The molecular weight excluding hydrogens is 234 g/mol. The number of nitrogens with one attached hydrogen (secondary N) is 2. The van der Waals surface area contributed by atoms with Crippen LogP contribution in [0.2, 0.25) is 0 Å². The van der Waals surface area contributed by atoms with Gasteiger partial charge in [-0.1, -0.05) is 12.1 Å². The summed E-state index contributed by atoms with van der Waals surface area (Å²) in [6.07, 6.45) is 1.66. The van der Waals surface area contributed by atoms with Crippen LogP contribution in [0.4, 0.5) is 5.69 Å². The first-order valence-corrected chi connectivity index (χ1v) is 5.44. The fraction of sp³-hybridized carbons (Fsp3) is 0.250. The topological polar surface area (TPSA) is 84.3 Å². The summed E-state index contributed by atoms with van der Waals surface area (Å²) in [6, 6.07) is 6.17. The SMILES string of the molecule is CC1(C)NNC(=O)/C1=C\c1cccc([N+](=O)[O-])c1. The first kappa shape index (κ1) is 12.3. The van der Waals surface area contributed by atoms with Crippen molar-refractivity contribution in [2.24, 2.45) is 0 Å². The first-order chi connectivity index (χ1) is 8.40. The fourth-order valence-electron chi connectivity index (χ4n) is 1.77. The van der Waals surface area contributed by atoms with Gasteiger partial charge in [-0.15, -0.1) is 0 Å². The van der Waals surface area contributed by atoms with Gasteiger partial charge in [-0.25, -0.2) is 5.43 Å². The lowest BCUT2D eigenvalue weighted by Gasteiger charge is -2.16. The van der Waals surface area contributed by atoms with Crippen LogP contribution >= 0.6 is 0 Å². The summed E-state index contributed by atoms with van der Waals surface area (Å²) < 4.78 is 0. The zero-order valence-corrected chi connectivity index (χ0v) is 10.1. The van der Waals surface area contributed by atoms with Gasteiger partial charge in [0.1, 0.15) is 0 Å². The Morgan fingerprint density at radius 1 is 1.39 bits per heavy atom. The number of benzene rings is 1. The van der Waals surface area contributed by atoms with Crippen LogP contribution in [0.5, 0.6) is 0 Å². The minimum absolute atomic E-state index is 0.00789. The number of non-ortho nitro benzene ring substituents is 1. The molecule has 1 amide bonds. The lowest BCUT2D eigenvalue weighted by molar-refractivity contribution is -0.384. The van der Waals surface area contributed by atoms with E-state index in [4.69, 9.17) is 0 Å². The molecule has 1 aliphatic rings. The molecule has 0 bridgehead atoms. The molecule has 1 saturated heterocycles. The van der Waals surface area contributed by atoms with Gasteiger partial charge in [-0.2, -0.15) is 0 Å². The molecule has 94 valence electrons. The largest absolute Gasteiger partial charge is 0.287 e. The molecule has 6 heteroatoms. The number of nitrogens with zero attached hydrogens (tertiary/aromatic N) is 1. The number of rotatable bonds is 2. The Bertz CT molecular complexity index is 549. The molecule has 0 atom stereocenters. The van der Waals surface area contributed by atoms with Crippen LogP contribution in [0.1, 0.15) is 19.4 Å². The Balaban J connectivity index is 2.41. The van der Waals surface area contributed by atoms with Gasteiger partial charge in [0.05, 0.1) is 10.5 Å². The van der Waals surface area contributed by atoms with E-state index in [9.17, 15) is 14.9 Å². The monoisotopic (exact) mass is 247 g/mol. The highest BCUT2D eigenvalue weighted by atomic mass is 16.6. The second-order valence-electron chi connectivity index (χ2n) is 4.61. The van der Waals surface area contributed by atoms with Gasteiger partial charge in [0.2, 0.25) is 0 Å². The normalized spacial score (nSPS) is 19.9. The molecule has 0 radical (unpaired) electrons. The maximum atomic E-state index is 11.6. The van der Waals surface area contributed by atoms with Crippen LogP contribution in [0.3, 0.4) is 0 Å². The number of nitro benzene ring substituents is 1. The van der Waals surface area contributed by atoms with Gasteiger partial charge in [0, 0.05) is 17.7 Å². The van der Waals surface area contributed by atoms with E-state index < -0.39 is 10.5 Å². The summed E-state index contributed by atoms with van der Waals surface area (Å²) >= 11 is 0. The molecule has 1 aliphatic heterocycles. The third-order valence-electron chi connectivity index (χ3n) is 2.80. The van der Waals surface area contributed by atoms with Crippen LogP contribution in [-0.4, -0.2) is 16.4 Å². The predicted molar refractivity (Wildman–Crippen MR) is 66.4 cm³/mol. The van der Waals surface area contributed by atoms with Crippen molar-refractivity contribution in [3.63, 3.8) is 0 Å². The van der Waals surface area contributed by atoms with Gasteiger partial charge >= 0.3 is 0 Å². The Labute approximate surface area is 104 Å². The summed E-state index contributed by atoms with van der Waals surface area (Å²) in [5, 5.41) is 10.7. The highest BCUT2D eigenvalue weighted by Crippen LogP contribution is 2.24. The molecule has 2 N–H and O–H groups in total. The van der Waals surface area contributed by atoms with Gasteiger partial charge in [-0.05, 0) is 25.5 Å². The molecule has 0 spiro atoms. The first-order valence-electron chi connectivity index (χ1n) is 5.44. The molecule has 1 fully saturated rings. The van der Waals surface area contributed by atoms with Crippen LogP contribution in [0.15, 0.2) is 29.8 Å². The lowest BCUT2D eigenvalue weighted by Crippen LogP contribution is -2.38. The molecule has 1 aromatic rings. The van der Waals surface area contributed by atoms with Gasteiger partial charge < -0.3 is 0 Å². The molecule has 1 aromatic carbocycles. The molecule has 1 heterocycles. The molecular formula is C12H13N3O3. The number of carbonyl (C=O) groups excluding carboxylic acids is 1. The second-order valence-corrected chi connectivity index (χ2v) is 4.61. The quantitative estimate of drug-likeness (QED) is 0.470. The summed E-state index contributed by atoms with van der Waals surface area (Å²) in [4.78, 5) is 21.9. The number of amides is 1. The van der Waals surface area contributed by atoms with Crippen LogP contribution < -0.4 is 10.9 Å². The average molecular weight is 247 g/mol. The van der Waals surface area contributed by atoms with Crippen molar-refractivity contribution >= 4 is 17.7 Å². The summed E-state index contributed by atoms with van der Waals surface area (Å²) in [6.45, 7) is 3.71. The van der Waals surface area contributed by atoms with E-state index in [1.54, 1.807) is 18.2 Å². The van der Waals surface area contributed by atoms with Crippen LogP contribution in [0, 0.1) is 10.1 Å². The van der Waals surface area contributed by atoms with Crippen molar-refractivity contribution in [3.8, 4) is 0 Å². The maximum absolute atomic E-state index is 11.6. The summed E-state index contributed by atoms with van der Waals surface area (Å²) in [7, 11) is 0. The third-order valence-corrected chi connectivity index (χ3v) is 2.80. The van der Waals surface area contributed by atoms with E-state index in [0.717, 1.165) is 0 Å². The zero-order chi connectivity index (χ0) is 13.3. The van der Waals surface area contributed by atoms with Crippen molar-refractivity contribution in [2.45, 2.75) is 19.4 Å². The zero-order valence-electron chi connectivity index (χ0n) is 10.1. The van der Waals surface area contributed by atoms with E-state index in [0.29, 0.717) is 11.1 Å².